The third-order valence-corrected chi connectivity index (χ3v) is 3.09. The Balaban J connectivity index is 2.12. The minimum Gasteiger partial charge on any atom is -0.396 e. The quantitative estimate of drug-likeness (QED) is 0.838. The summed E-state index contributed by atoms with van der Waals surface area (Å²) in [6.07, 6.45) is 1.52. The van der Waals surface area contributed by atoms with Gasteiger partial charge in [0, 0.05) is 6.20 Å². The Morgan fingerprint density at radius 2 is 2.16 bits per heavy atom. The molecule has 1 aromatic heterocycles. The number of anilines is 4. The SMILES string of the molecule is Nc1cc(Cl)cnc1N1CC(=O)Nc2ccccc21. The summed E-state index contributed by atoms with van der Waals surface area (Å²) in [5.74, 6) is 0.432. The van der Waals surface area contributed by atoms with Crippen LogP contribution < -0.4 is 16.0 Å². The summed E-state index contributed by atoms with van der Waals surface area (Å²) in [5.41, 5.74) is 7.99. The molecule has 0 unspecified atom stereocenters. The lowest BCUT2D eigenvalue weighted by Gasteiger charge is -2.30. The van der Waals surface area contributed by atoms with Crippen molar-refractivity contribution < 1.29 is 4.79 Å². The number of nitrogens with zero attached hydrogens (tertiary/aromatic N) is 2. The number of carbonyl (C=O) groups excluding carboxylic acids is 1. The van der Waals surface area contributed by atoms with Gasteiger partial charge in [0.05, 0.1) is 22.1 Å². The normalized spacial score (nSPS) is 13.9. The zero-order chi connectivity index (χ0) is 13.4. The summed E-state index contributed by atoms with van der Waals surface area (Å²) >= 11 is 5.84. The monoisotopic (exact) mass is 274 g/mol. The highest BCUT2D eigenvalue weighted by atomic mass is 35.5. The van der Waals surface area contributed by atoms with Crippen molar-refractivity contribution in [3.8, 4) is 0 Å². The van der Waals surface area contributed by atoms with Crippen LogP contribution in [0.4, 0.5) is 22.9 Å². The molecule has 0 saturated heterocycles. The second-order valence-corrected chi connectivity index (χ2v) is 4.65. The zero-order valence-corrected chi connectivity index (χ0v) is 10.7. The number of rotatable bonds is 1. The first-order valence-corrected chi connectivity index (χ1v) is 6.10. The molecule has 1 amide bonds. The minimum absolute atomic E-state index is 0.102. The number of amides is 1. The molecule has 1 aliphatic heterocycles. The van der Waals surface area contributed by atoms with Gasteiger partial charge >= 0.3 is 0 Å². The third kappa shape index (κ3) is 2.08. The van der Waals surface area contributed by atoms with Crippen LogP contribution in [0.3, 0.4) is 0 Å². The van der Waals surface area contributed by atoms with E-state index in [2.05, 4.69) is 10.3 Å². The van der Waals surface area contributed by atoms with Crippen LogP contribution in [0, 0.1) is 0 Å². The fourth-order valence-electron chi connectivity index (χ4n) is 2.10. The Kier molecular flexibility index (Phi) is 2.76. The van der Waals surface area contributed by atoms with Crippen molar-refractivity contribution in [2.75, 3.05) is 22.5 Å². The molecule has 2 aromatic rings. The molecule has 6 heteroatoms. The van der Waals surface area contributed by atoms with Crippen molar-refractivity contribution in [1.29, 1.82) is 0 Å². The van der Waals surface area contributed by atoms with Gasteiger partial charge < -0.3 is 16.0 Å². The maximum Gasteiger partial charge on any atom is 0.244 e. The van der Waals surface area contributed by atoms with Gasteiger partial charge in [0.25, 0.3) is 0 Å². The fourth-order valence-corrected chi connectivity index (χ4v) is 2.26. The number of nitrogens with two attached hydrogens (primary N) is 1. The van der Waals surface area contributed by atoms with Crippen LogP contribution in [-0.2, 0) is 4.79 Å². The van der Waals surface area contributed by atoms with E-state index in [1.165, 1.54) is 6.20 Å². The molecule has 1 aliphatic rings. The number of nitrogens with one attached hydrogen (secondary N) is 1. The lowest BCUT2D eigenvalue weighted by atomic mass is 10.2. The summed E-state index contributed by atoms with van der Waals surface area (Å²) < 4.78 is 0. The number of carbonyl (C=O) groups is 1. The minimum atomic E-state index is -0.102. The first-order valence-electron chi connectivity index (χ1n) is 5.72. The van der Waals surface area contributed by atoms with E-state index in [4.69, 9.17) is 17.3 Å². The number of hydrogen-bond donors (Lipinski definition) is 2. The molecule has 5 nitrogen and oxygen atoms in total. The van der Waals surface area contributed by atoms with Crippen LogP contribution in [0.15, 0.2) is 36.5 Å². The maximum absolute atomic E-state index is 11.7. The van der Waals surface area contributed by atoms with Crippen molar-refractivity contribution in [1.82, 2.24) is 4.98 Å². The number of hydrogen-bond acceptors (Lipinski definition) is 4. The first kappa shape index (κ1) is 11.8. The molecular weight excluding hydrogens is 264 g/mol. The third-order valence-electron chi connectivity index (χ3n) is 2.89. The van der Waals surface area contributed by atoms with Crippen LogP contribution in [0.2, 0.25) is 5.02 Å². The Labute approximate surface area is 115 Å². The lowest BCUT2D eigenvalue weighted by Crippen LogP contribution is -2.35. The number of halogens is 1. The standard InChI is InChI=1S/C13H11ClN4O/c14-8-5-9(15)13(16-6-8)18-7-12(19)17-10-3-1-2-4-11(10)18/h1-6H,7,15H2,(H,17,19). The Bertz CT molecular complexity index is 659. The van der Waals surface area contributed by atoms with Crippen LogP contribution in [-0.4, -0.2) is 17.4 Å². The van der Waals surface area contributed by atoms with Crippen molar-refractivity contribution >= 4 is 40.4 Å². The van der Waals surface area contributed by atoms with Crippen LogP contribution in [0.25, 0.3) is 0 Å². The van der Waals surface area contributed by atoms with E-state index in [-0.39, 0.29) is 12.5 Å². The summed E-state index contributed by atoms with van der Waals surface area (Å²) in [7, 11) is 0. The predicted molar refractivity (Wildman–Crippen MR) is 75.7 cm³/mol. The van der Waals surface area contributed by atoms with Crippen molar-refractivity contribution in [2.24, 2.45) is 0 Å². The molecule has 0 aliphatic carbocycles. The van der Waals surface area contributed by atoms with E-state index >= 15 is 0 Å². The predicted octanol–water partition coefficient (Wildman–Crippen LogP) is 2.41. The Morgan fingerprint density at radius 3 is 2.95 bits per heavy atom. The van der Waals surface area contributed by atoms with E-state index in [1.807, 2.05) is 24.3 Å². The summed E-state index contributed by atoms with van der Waals surface area (Å²) in [4.78, 5) is 17.7. The molecule has 1 aromatic carbocycles. The molecule has 0 fully saturated rings. The van der Waals surface area contributed by atoms with Crippen LogP contribution >= 0.6 is 11.6 Å². The smallest absolute Gasteiger partial charge is 0.244 e. The highest BCUT2D eigenvalue weighted by Crippen LogP contribution is 2.36. The molecule has 3 rings (SSSR count). The van der Waals surface area contributed by atoms with Gasteiger partial charge in [0.15, 0.2) is 5.82 Å². The maximum atomic E-state index is 11.7. The molecule has 0 spiro atoms. The highest BCUT2D eigenvalue weighted by molar-refractivity contribution is 6.30. The van der Waals surface area contributed by atoms with Gasteiger partial charge in [-0.05, 0) is 18.2 Å². The second-order valence-electron chi connectivity index (χ2n) is 4.22. The fraction of sp³-hybridized carbons (Fsp3) is 0.0769. The molecule has 96 valence electrons. The number of para-hydroxylation sites is 2. The van der Waals surface area contributed by atoms with Gasteiger partial charge in [0.1, 0.15) is 6.54 Å². The molecule has 0 atom stereocenters. The molecule has 0 bridgehead atoms. The second kappa shape index (κ2) is 4.44. The van der Waals surface area contributed by atoms with Crippen LogP contribution in [0.1, 0.15) is 0 Å². The van der Waals surface area contributed by atoms with E-state index < -0.39 is 0 Å². The van der Waals surface area contributed by atoms with Gasteiger partial charge in [-0.2, -0.15) is 0 Å². The average Bonchev–Trinajstić information content (AvgIpc) is 2.38. The summed E-state index contributed by atoms with van der Waals surface area (Å²) in [5, 5.41) is 3.28. The van der Waals surface area contributed by atoms with Gasteiger partial charge in [-0.15, -0.1) is 0 Å². The molecule has 0 saturated carbocycles. The largest absolute Gasteiger partial charge is 0.396 e. The van der Waals surface area contributed by atoms with Crippen molar-refractivity contribution in [3.05, 3.63) is 41.6 Å². The number of nitrogen functional groups attached to an aromatic ring is 1. The topological polar surface area (TPSA) is 71.2 Å². The lowest BCUT2D eigenvalue weighted by molar-refractivity contribution is -0.115. The van der Waals surface area contributed by atoms with Crippen molar-refractivity contribution in [2.45, 2.75) is 0 Å². The molecule has 3 N–H and O–H groups in total. The first-order chi connectivity index (χ1) is 9.15. The Hall–Kier alpha value is -2.27. The van der Waals surface area contributed by atoms with E-state index in [9.17, 15) is 4.79 Å². The van der Waals surface area contributed by atoms with E-state index in [0.717, 1.165) is 11.4 Å². The molecule has 19 heavy (non-hydrogen) atoms. The molecular formula is C13H11ClN4O. The van der Waals surface area contributed by atoms with E-state index in [1.54, 1.807) is 11.0 Å². The van der Waals surface area contributed by atoms with Gasteiger partial charge in [-0.25, -0.2) is 4.98 Å². The highest BCUT2D eigenvalue weighted by Gasteiger charge is 2.24. The number of pyridine rings is 1. The average molecular weight is 275 g/mol. The molecule has 0 radical (unpaired) electrons. The van der Waals surface area contributed by atoms with Crippen molar-refractivity contribution in [3.63, 3.8) is 0 Å². The Morgan fingerprint density at radius 1 is 1.37 bits per heavy atom. The van der Waals surface area contributed by atoms with Gasteiger partial charge in [-0.3, -0.25) is 4.79 Å². The van der Waals surface area contributed by atoms with E-state index in [0.29, 0.717) is 16.5 Å². The molecule has 2 heterocycles. The number of fused-ring (bicyclic) bond motifs is 1. The number of benzene rings is 1. The summed E-state index contributed by atoms with van der Waals surface area (Å²) in [6.45, 7) is 0.176. The zero-order valence-electron chi connectivity index (χ0n) is 9.93. The van der Waals surface area contributed by atoms with Crippen LogP contribution in [0.5, 0.6) is 0 Å². The number of aromatic nitrogens is 1. The van der Waals surface area contributed by atoms with Gasteiger partial charge in [-0.1, -0.05) is 23.7 Å². The summed E-state index contributed by atoms with van der Waals surface area (Å²) in [6, 6.07) is 9.13. The van der Waals surface area contributed by atoms with Gasteiger partial charge in [0.2, 0.25) is 5.91 Å².